The van der Waals surface area contributed by atoms with Crippen molar-refractivity contribution in [3.05, 3.63) is 22.3 Å². The van der Waals surface area contributed by atoms with Crippen molar-refractivity contribution in [1.29, 1.82) is 0 Å². The van der Waals surface area contributed by atoms with Gasteiger partial charge in [-0.15, -0.1) is 0 Å². The molecule has 1 aromatic heterocycles. The summed E-state index contributed by atoms with van der Waals surface area (Å²) in [6.45, 7) is 0. The van der Waals surface area contributed by atoms with Gasteiger partial charge in [-0.3, -0.25) is 0 Å². The number of methoxy groups -OCH3 is 1. The highest BCUT2D eigenvalue weighted by molar-refractivity contribution is 9.10. The summed E-state index contributed by atoms with van der Waals surface area (Å²) >= 11 is 2.97. The monoisotopic (exact) mass is 237 g/mol. The van der Waals surface area contributed by atoms with Gasteiger partial charge in [0.15, 0.2) is 0 Å². The lowest BCUT2D eigenvalue weighted by atomic mass is 10.3. The van der Waals surface area contributed by atoms with E-state index in [4.69, 9.17) is 4.74 Å². The highest BCUT2D eigenvalue weighted by Crippen LogP contribution is 2.32. The average Bonchev–Trinajstić information content (AvgIpc) is 2.04. The van der Waals surface area contributed by atoms with E-state index < -0.39 is 6.43 Å². The van der Waals surface area contributed by atoms with Gasteiger partial charge in [-0.05, 0) is 22.0 Å². The molecule has 66 valence electrons. The second-order valence-electron chi connectivity index (χ2n) is 2.02. The van der Waals surface area contributed by atoms with Gasteiger partial charge in [-0.2, -0.15) is 0 Å². The number of pyridine rings is 1. The molecule has 0 saturated carbocycles. The zero-order valence-electron chi connectivity index (χ0n) is 6.22. The van der Waals surface area contributed by atoms with Crippen LogP contribution >= 0.6 is 15.9 Å². The summed E-state index contributed by atoms with van der Waals surface area (Å²) in [4.78, 5) is 3.74. The molecule has 1 aromatic rings. The molecule has 0 radical (unpaired) electrons. The van der Waals surface area contributed by atoms with Crippen LogP contribution < -0.4 is 4.74 Å². The number of rotatable bonds is 2. The van der Waals surface area contributed by atoms with Crippen molar-refractivity contribution >= 4 is 15.9 Å². The van der Waals surface area contributed by atoms with E-state index in [9.17, 15) is 8.78 Å². The molecule has 1 rings (SSSR count). The summed E-state index contributed by atoms with van der Waals surface area (Å²) in [5.41, 5.74) is -0.109. The fourth-order valence-corrected chi connectivity index (χ4v) is 1.32. The molecular formula is C7H6BrF2NO. The first-order chi connectivity index (χ1) is 5.66. The molecule has 0 amide bonds. The Bertz CT molecular complexity index is 280. The lowest BCUT2D eigenvalue weighted by Crippen LogP contribution is -1.93. The van der Waals surface area contributed by atoms with E-state index >= 15 is 0 Å². The summed E-state index contributed by atoms with van der Waals surface area (Å²) in [5, 5.41) is 0. The maximum atomic E-state index is 12.2. The normalized spacial score (nSPS) is 10.4. The highest BCUT2D eigenvalue weighted by Gasteiger charge is 2.14. The van der Waals surface area contributed by atoms with E-state index in [2.05, 4.69) is 20.9 Å². The third-order valence-corrected chi connectivity index (χ3v) is 2.11. The SMILES string of the molecule is COc1nccc(C(F)F)c1Br. The van der Waals surface area contributed by atoms with Crippen molar-refractivity contribution in [2.45, 2.75) is 6.43 Å². The fourth-order valence-electron chi connectivity index (χ4n) is 0.749. The molecule has 12 heavy (non-hydrogen) atoms. The molecule has 0 spiro atoms. The summed E-state index contributed by atoms with van der Waals surface area (Å²) in [6, 6.07) is 1.25. The largest absolute Gasteiger partial charge is 0.480 e. The Morgan fingerprint density at radius 2 is 2.25 bits per heavy atom. The minimum atomic E-state index is -2.52. The van der Waals surface area contributed by atoms with Crippen LogP contribution in [0.15, 0.2) is 16.7 Å². The Morgan fingerprint density at radius 1 is 1.58 bits per heavy atom. The first kappa shape index (κ1) is 9.38. The molecule has 5 heteroatoms. The fraction of sp³-hybridized carbons (Fsp3) is 0.286. The third-order valence-electron chi connectivity index (χ3n) is 1.32. The molecule has 0 N–H and O–H groups in total. The number of halogens is 3. The molecule has 0 saturated heterocycles. The second kappa shape index (κ2) is 3.80. The summed E-state index contributed by atoms with van der Waals surface area (Å²) in [5.74, 6) is 0.174. The van der Waals surface area contributed by atoms with Crippen molar-refractivity contribution in [2.24, 2.45) is 0 Å². The molecule has 0 atom stereocenters. The van der Waals surface area contributed by atoms with Gasteiger partial charge in [0, 0.05) is 11.8 Å². The molecule has 0 unspecified atom stereocenters. The number of ether oxygens (including phenoxy) is 1. The first-order valence-corrected chi connectivity index (χ1v) is 3.92. The lowest BCUT2D eigenvalue weighted by Gasteiger charge is -2.05. The number of hydrogen-bond acceptors (Lipinski definition) is 2. The van der Waals surface area contributed by atoms with E-state index in [0.29, 0.717) is 0 Å². The van der Waals surface area contributed by atoms with Crippen molar-refractivity contribution in [1.82, 2.24) is 4.98 Å². The van der Waals surface area contributed by atoms with Gasteiger partial charge in [-0.25, -0.2) is 13.8 Å². The van der Waals surface area contributed by atoms with Crippen LogP contribution in [0.25, 0.3) is 0 Å². The number of alkyl halides is 2. The van der Waals surface area contributed by atoms with Crippen LogP contribution in [0.1, 0.15) is 12.0 Å². The van der Waals surface area contributed by atoms with Crippen LogP contribution in [0.5, 0.6) is 5.88 Å². The molecule has 0 aromatic carbocycles. The Morgan fingerprint density at radius 3 is 2.75 bits per heavy atom. The number of nitrogens with zero attached hydrogens (tertiary/aromatic N) is 1. The highest BCUT2D eigenvalue weighted by atomic mass is 79.9. The summed E-state index contributed by atoms with van der Waals surface area (Å²) < 4.78 is 29.4. The third kappa shape index (κ3) is 1.72. The van der Waals surface area contributed by atoms with E-state index in [-0.39, 0.29) is 15.9 Å². The molecule has 1 heterocycles. The van der Waals surface area contributed by atoms with Gasteiger partial charge in [0.2, 0.25) is 5.88 Å². The predicted octanol–water partition coefficient (Wildman–Crippen LogP) is 2.79. The van der Waals surface area contributed by atoms with Crippen LogP contribution in [-0.2, 0) is 0 Å². The Kier molecular flexibility index (Phi) is 2.97. The van der Waals surface area contributed by atoms with Gasteiger partial charge in [0.05, 0.1) is 11.6 Å². The topological polar surface area (TPSA) is 22.1 Å². The van der Waals surface area contributed by atoms with Crippen molar-refractivity contribution < 1.29 is 13.5 Å². The van der Waals surface area contributed by atoms with E-state index in [0.717, 1.165) is 0 Å². The molecule has 0 aliphatic rings. The molecular weight excluding hydrogens is 232 g/mol. The van der Waals surface area contributed by atoms with E-state index in [1.807, 2.05) is 0 Å². The zero-order valence-corrected chi connectivity index (χ0v) is 7.81. The predicted molar refractivity (Wildman–Crippen MR) is 43.4 cm³/mol. The van der Waals surface area contributed by atoms with Gasteiger partial charge in [0.25, 0.3) is 6.43 Å². The second-order valence-corrected chi connectivity index (χ2v) is 2.82. The van der Waals surface area contributed by atoms with Crippen LogP contribution in [-0.4, -0.2) is 12.1 Å². The number of aromatic nitrogens is 1. The lowest BCUT2D eigenvalue weighted by molar-refractivity contribution is 0.150. The van der Waals surface area contributed by atoms with Crippen molar-refractivity contribution in [2.75, 3.05) is 7.11 Å². The summed E-state index contributed by atoms with van der Waals surface area (Å²) in [6.07, 6.45) is -1.23. The van der Waals surface area contributed by atoms with Crippen LogP contribution in [0.3, 0.4) is 0 Å². The molecule has 0 aliphatic heterocycles. The van der Waals surface area contributed by atoms with Crippen LogP contribution in [0, 0.1) is 0 Å². The standard InChI is InChI=1S/C7H6BrF2NO/c1-12-7-5(8)4(6(9)10)2-3-11-7/h2-3,6H,1H3. The Hall–Kier alpha value is -0.710. The molecule has 2 nitrogen and oxygen atoms in total. The van der Waals surface area contributed by atoms with Gasteiger partial charge >= 0.3 is 0 Å². The minimum Gasteiger partial charge on any atom is -0.480 e. The maximum absolute atomic E-state index is 12.2. The van der Waals surface area contributed by atoms with Crippen LogP contribution in [0.4, 0.5) is 8.78 Å². The van der Waals surface area contributed by atoms with Gasteiger partial charge in [-0.1, -0.05) is 0 Å². The van der Waals surface area contributed by atoms with Crippen LogP contribution in [0.2, 0.25) is 0 Å². The Balaban J connectivity index is 3.14. The molecule has 0 fully saturated rings. The minimum absolute atomic E-state index is 0.109. The first-order valence-electron chi connectivity index (χ1n) is 3.13. The van der Waals surface area contributed by atoms with Crippen molar-refractivity contribution in [3.63, 3.8) is 0 Å². The average molecular weight is 238 g/mol. The van der Waals surface area contributed by atoms with Crippen molar-refractivity contribution in [3.8, 4) is 5.88 Å². The molecule has 0 bridgehead atoms. The smallest absolute Gasteiger partial charge is 0.265 e. The number of hydrogen-bond donors (Lipinski definition) is 0. The van der Waals surface area contributed by atoms with E-state index in [1.54, 1.807) is 0 Å². The van der Waals surface area contributed by atoms with Gasteiger partial charge < -0.3 is 4.74 Å². The van der Waals surface area contributed by atoms with E-state index in [1.165, 1.54) is 19.4 Å². The maximum Gasteiger partial charge on any atom is 0.265 e. The quantitative estimate of drug-likeness (QED) is 0.790. The zero-order chi connectivity index (χ0) is 9.14. The Labute approximate surface area is 76.7 Å². The summed E-state index contributed by atoms with van der Waals surface area (Å²) in [7, 11) is 1.38. The van der Waals surface area contributed by atoms with Gasteiger partial charge in [0.1, 0.15) is 0 Å². The molecule has 0 aliphatic carbocycles.